The number of aliphatic carboxylic acids is 1. The van der Waals surface area contributed by atoms with Crippen LogP contribution in [0.5, 0.6) is 0 Å². The van der Waals surface area contributed by atoms with Crippen LogP contribution in [0.4, 0.5) is 0 Å². The van der Waals surface area contributed by atoms with Crippen LogP contribution in [0.1, 0.15) is 92.9 Å². The van der Waals surface area contributed by atoms with E-state index in [1.807, 2.05) is 0 Å². The second-order valence-corrected chi connectivity index (χ2v) is 12.3. The number of Topliss-reactive ketones (excluding diaryl/α,β-unsaturated/α-hetero) is 2. The molecule has 0 aromatic heterocycles. The monoisotopic (exact) mass is 534 g/mol. The fourth-order valence-electron chi connectivity index (χ4n) is 7.45. The van der Waals surface area contributed by atoms with Crippen molar-refractivity contribution in [1.82, 2.24) is 0 Å². The molecule has 2 aliphatic carbocycles. The number of esters is 1. The van der Waals surface area contributed by atoms with Crippen LogP contribution in [-0.2, 0) is 28.7 Å². The van der Waals surface area contributed by atoms with Crippen molar-refractivity contribution < 1.29 is 38.9 Å². The Bertz CT molecular complexity index is 941. The normalized spacial score (nSPS) is 39.1. The van der Waals surface area contributed by atoms with E-state index in [4.69, 9.17) is 9.47 Å². The van der Waals surface area contributed by atoms with Gasteiger partial charge in [-0.25, -0.2) is 0 Å². The van der Waals surface area contributed by atoms with E-state index in [9.17, 15) is 29.4 Å². The molecule has 0 amide bonds. The van der Waals surface area contributed by atoms with Gasteiger partial charge in [0.15, 0.2) is 5.60 Å². The van der Waals surface area contributed by atoms with Crippen molar-refractivity contribution in [2.75, 3.05) is 0 Å². The van der Waals surface area contributed by atoms with Gasteiger partial charge in [-0.15, -0.1) is 0 Å². The number of carbonyl (C=O) groups excluding carboxylic acids is 3. The molecule has 0 aromatic rings. The average Bonchev–Trinajstić information content (AvgIpc) is 2.84. The van der Waals surface area contributed by atoms with Crippen LogP contribution in [0.25, 0.3) is 0 Å². The third-order valence-electron chi connectivity index (χ3n) is 9.85. The summed E-state index contributed by atoms with van der Waals surface area (Å²) in [7, 11) is 0. The molecule has 2 saturated carbocycles. The van der Waals surface area contributed by atoms with Gasteiger partial charge in [0.05, 0.1) is 18.1 Å². The number of carboxylic acids is 1. The first-order valence-electron chi connectivity index (χ1n) is 14.3. The molecule has 0 radical (unpaired) electrons. The van der Waals surface area contributed by atoms with Crippen molar-refractivity contribution in [3.63, 3.8) is 0 Å². The van der Waals surface area contributed by atoms with E-state index in [0.29, 0.717) is 38.5 Å². The highest BCUT2D eigenvalue weighted by Crippen LogP contribution is 2.54. The first-order valence-corrected chi connectivity index (χ1v) is 14.3. The zero-order valence-corrected chi connectivity index (χ0v) is 23.8. The molecule has 214 valence electrons. The number of cyclic esters (lactones) is 1. The van der Waals surface area contributed by atoms with Crippen LogP contribution in [0.15, 0.2) is 11.8 Å². The maximum absolute atomic E-state index is 12.6. The van der Waals surface area contributed by atoms with Crippen molar-refractivity contribution in [2.45, 2.75) is 105 Å². The minimum absolute atomic E-state index is 0.0355. The SMILES string of the molecule is CC(=O)CC[C@@H]1/C(=C\OC23C(O)OC(=O)[C@H](C)[C@@H]2CC[C@@H](C)[C@@H]3CCC(C)=O)[C@H]([C@@H](C)C(=O)O)CC[C@H]1C. The molecule has 0 spiro atoms. The van der Waals surface area contributed by atoms with Crippen LogP contribution in [0.3, 0.4) is 0 Å². The van der Waals surface area contributed by atoms with Crippen molar-refractivity contribution in [2.24, 2.45) is 47.3 Å². The van der Waals surface area contributed by atoms with Gasteiger partial charge in [0.2, 0.25) is 6.29 Å². The quantitative estimate of drug-likeness (QED) is 0.299. The van der Waals surface area contributed by atoms with E-state index >= 15 is 0 Å². The first kappa shape index (κ1) is 30.3. The van der Waals surface area contributed by atoms with Gasteiger partial charge in [0.25, 0.3) is 0 Å². The zero-order valence-electron chi connectivity index (χ0n) is 23.8. The Labute approximate surface area is 226 Å². The molecule has 0 aromatic carbocycles. The molecule has 1 heterocycles. The second kappa shape index (κ2) is 12.3. The smallest absolute Gasteiger partial charge is 0.311 e. The average molecular weight is 535 g/mol. The predicted octanol–water partition coefficient (Wildman–Crippen LogP) is 4.92. The third kappa shape index (κ3) is 6.00. The van der Waals surface area contributed by atoms with Gasteiger partial charge in [-0.2, -0.15) is 0 Å². The summed E-state index contributed by atoms with van der Waals surface area (Å²) in [5, 5.41) is 21.2. The predicted molar refractivity (Wildman–Crippen MR) is 141 cm³/mol. The van der Waals surface area contributed by atoms with Gasteiger partial charge in [-0.05, 0) is 81.6 Å². The summed E-state index contributed by atoms with van der Waals surface area (Å²) in [4.78, 5) is 48.5. The number of rotatable bonds is 10. The van der Waals surface area contributed by atoms with Gasteiger partial charge in [0, 0.05) is 24.7 Å². The maximum atomic E-state index is 12.6. The lowest BCUT2D eigenvalue weighted by atomic mass is 9.58. The fraction of sp³-hybridized carbons (Fsp3) is 0.800. The van der Waals surface area contributed by atoms with Gasteiger partial charge >= 0.3 is 11.9 Å². The highest BCUT2D eigenvalue weighted by atomic mass is 16.7. The molecule has 2 unspecified atom stereocenters. The molecule has 1 aliphatic heterocycles. The van der Waals surface area contributed by atoms with E-state index in [-0.39, 0.29) is 47.1 Å². The lowest BCUT2D eigenvalue weighted by molar-refractivity contribution is -0.294. The number of aliphatic hydroxyl groups is 1. The number of aliphatic hydroxyl groups excluding tert-OH is 1. The number of fused-ring (bicyclic) bond motifs is 1. The summed E-state index contributed by atoms with van der Waals surface area (Å²) < 4.78 is 12.2. The summed E-state index contributed by atoms with van der Waals surface area (Å²) in [6, 6.07) is 0. The minimum atomic E-state index is -1.50. The van der Waals surface area contributed by atoms with E-state index in [2.05, 4.69) is 13.8 Å². The summed E-state index contributed by atoms with van der Waals surface area (Å²) in [6.07, 6.45) is 5.04. The molecule has 10 atom stereocenters. The Morgan fingerprint density at radius 2 is 1.63 bits per heavy atom. The molecule has 0 bridgehead atoms. The second-order valence-electron chi connectivity index (χ2n) is 12.3. The Hall–Kier alpha value is -2.22. The first-order chi connectivity index (χ1) is 17.8. The number of ketones is 2. The van der Waals surface area contributed by atoms with Gasteiger partial charge in [0.1, 0.15) is 11.6 Å². The van der Waals surface area contributed by atoms with Crippen molar-refractivity contribution >= 4 is 23.5 Å². The van der Waals surface area contributed by atoms with Gasteiger partial charge in [-0.1, -0.05) is 27.7 Å². The number of allylic oxidation sites excluding steroid dienone is 1. The summed E-state index contributed by atoms with van der Waals surface area (Å²) in [6.45, 7) is 10.8. The molecule has 8 nitrogen and oxygen atoms in total. The van der Waals surface area contributed by atoms with E-state index in [1.54, 1.807) is 34.0 Å². The molecule has 1 saturated heterocycles. The Balaban J connectivity index is 2.11. The number of carboxylic acid groups (broad SMARTS) is 1. The lowest BCUT2D eigenvalue weighted by Gasteiger charge is -2.56. The molecular formula is C30H46O8. The minimum Gasteiger partial charge on any atom is -0.488 e. The summed E-state index contributed by atoms with van der Waals surface area (Å²) >= 11 is 0. The number of ether oxygens (including phenoxy) is 2. The number of hydrogen-bond acceptors (Lipinski definition) is 7. The highest BCUT2D eigenvalue weighted by molar-refractivity contribution is 5.76. The van der Waals surface area contributed by atoms with Crippen molar-refractivity contribution in [3.05, 3.63) is 11.8 Å². The summed E-state index contributed by atoms with van der Waals surface area (Å²) in [5.41, 5.74) is -0.385. The van der Waals surface area contributed by atoms with Crippen LogP contribution >= 0.6 is 0 Å². The third-order valence-corrected chi connectivity index (χ3v) is 9.85. The molecule has 8 heteroatoms. The standard InChI is InChI=1S/C30H46O8/c1-16-7-11-23(20(5)27(33)34)24(22(16)12-9-18(3)31)15-37-30-25(14-10-19(4)32)17(2)8-13-26(30)21(6)28(35)38-29(30)36/h15-17,20-23,25-26,29,36H,7-14H2,1-6H3,(H,33,34)/b24-15+/t16-,17-,20-,21-,22+,23+,25+,26+,29?,30?/m1/s1. The molecule has 38 heavy (non-hydrogen) atoms. The fourth-order valence-corrected chi connectivity index (χ4v) is 7.45. The Morgan fingerprint density at radius 1 is 1.03 bits per heavy atom. The Morgan fingerprint density at radius 3 is 2.24 bits per heavy atom. The molecule has 3 aliphatic rings. The summed E-state index contributed by atoms with van der Waals surface area (Å²) in [5.74, 6) is -2.84. The van der Waals surface area contributed by atoms with Crippen LogP contribution in [0.2, 0.25) is 0 Å². The molecule has 2 N–H and O–H groups in total. The highest BCUT2D eigenvalue weighted by Gasteiger charge is 2.63. The Kier molecular flexibility index (Phi) is 9.82. The van der Waals surface area contributed by atoms with Gasteiger partial charge in [-0.3, -0.25) is 9.59 Å². The van der Waals surface area contributed by atoms with Crippen molar-refractivity contribution in [1.29, 1.82) is 0 Å². The van der Waals surface area contributed by atoms with Crippen LogP contribution in [0, 0.1) is 47.3 Å². The van der Waals surface area contributed by atoms with Crippen LogP contribution < -0.4 is 0 Å². The topological polar surface area (TPSA) is 127 Å². The van der Waals surface area contributed by atoms with Crippen molar-refractivity contribution in [3.8, 4) is 0 Å². The van der Waals surface area contributed by atoms with E-state index < -0.39 is 35.7 Å². The van der Waals surface area contributed by atoms with E-state index in [1.165, 1.54) is 0 Å². The largest absolute Gasteiger partial charge is 0.488 e. The van der Waals surface area contributed by atoms with E-state index in [0.717, 1.165) is 18.4 Å². The maximum Gasteiger partial charge on any atom is 0.311 e. The molecule has 3 fully saturated rings. The number of hydrogen-bond donors (Lipinski definition) is 2. The zero-order chi connectivity index (χ0) is 28.4. The lowest BCUT2D eigenvalue weighted by Crippen LogP contribution is -2.66. The number of carbonyl (C=O) groups is 4. The molecular weight excluding hydrogens is 488 g/mol. The van der Waals surface area contributed by atoms with Crippen LogP contribution in [-0.4, -0.2) is 45.6 Å². The van der Waals surface area contributed by atoms with Gasteiger partial charge < -0.3 is 29.3 Å². The molecule has 3 rings (SSSR count).